The van der Waals surface area contributed by atoms with E-state index in [0.717, 1.165) is 16.8 Å². The predicted octanol–water partition coefficient (Wildman–Crippen LogP) is 2.86. The van der Waals surface area contributed by atoms with Gasteiger partial charge in [0.2, 0.25) is 5.91 Å². The van der Waals surface area contributed by atoms with Crippen LogP contribution in [-0.2, 0) is 11.3 Å². The summed E-state index contributed by atoms with van der Waals surface area (Å²) in [5.74, 6) is -0.296. The number of rotatable bonds is 7. The quantitative estimate of drug-likeness (QED) is 0.521. The fraction of sp³-hybridized carbons (Fsp3) is 0.364. The number of aryl methyl sites for hydroxylation is 3. The first-order valence-electron chi connectivity index (χ1n) is 10.00. The number of H-pyrrole nitrogens is 1. The van der Waals surface area contributed by atoms with Gasteiger partial charge >= 0.3 is 0 Å². The van der Waals surface area contributed by atoms with Gasteiger partial charge in [0.1, 0.15) is 10.7 Å². The summed E-state index contributed by atoms with van der Waals surface area (Å²) in [7, 11) is 0. The van der Waals surface area contributed by atoms with Crippen LogP contribution in [0.5, 0.6) is 0 Å². The van der Waals surface area contributed by atoms with E-state index in [9.17, 15) is 14.4 Å². The highest BCUT2D eigenvalue weighted by Gasteiger charge is 2.21. The minimum absolute atomic E-state index is 0.0395. The number of benzene rings is 1. The zero-order valence-electron chi connectivity index (χ0n) is 18.3. The number of aromatic amines is 1. The molecule has 1 aromatic carbocycles. The number of carbonyl (C=O) groups excluding carboxylic acids is 2. The Balaban J connectivity index is 1.93. The highest BCUT2D eigenvalue weighted by atomic mass is 32.1. The molecule has 2 amide bonds. The number of hydrogen-bond acceptors (Lipinski definition) is 6. The molecular weight excluding hydrogens is 414 g/mol. The number of nitrogens with one attached hydrogen (secondary N) is 2. The maximum absolute atomic E-state index is 12.9. The molecule has 164 valence electrons. The van der Waals surface area contributed by atoms with Crippen molar-refractivity contribution in [2.75, 3.05) is 11.9 Å². The summed E-state index contributed by atoms with van der Waals surface area (Å²) in [4.78, 5) is 47.1. The van der Waals surface area contributed by atoms with Gasteiger partial charge in [0, 0.05) is 11.7 Å². The van der Waals surface area contributed by atoms with Crippen molar-refractivity contribution in [3.63, 3.8) is 0 Å². The smallest absolute Gasteiger partial charge is 0.266 e. The van der Waals surface area contributed by atoms with Gasteiger partial charge in [-0.25, -0.2) is 4.98 Å². The summed E-state index contributed by atoms with van der Waals surface area (Å²) in [5.41, 5.74) is 8.43. The molecule has 0 radical (unpaired) electrons. The van der Waals surface area contributed by atoms with E-state index in [2.05, 4.69) is 15.3 Å². The number of nitrogens with two attached hydrogens (primary N) is 1. The van der Waals surface area contributed by atoms with Gasteiger partial charge in [-0.15, -0.1) is 11.3 Å². The number of amides is 2. The van der Waals surface area contributed by atoms with E-state index >= 15 is 0 Å². The van der Waals surface area contributed by atoms with Crippen LogP contribution in [0.4, 0.5) is 5.69 Å². The Hall–Kier alpha value is -3.04. The minimum atomic E-state index is -0.450. The Morgan fingerprint density at radius 3 is 2.58 bits per heavy atom. The largest absolute Gasteiger partial charge is 0.369 e. The van der Waals surface area contributed by atoms with Gasteiger partial charge < -0.3 is 16.0 Å². The highest BCUT2D eigenvalue weighted by molar-refractivity contribution is 7.20. The normalized spacial score (nSPS) is 11.5. The van der Waals surface area contributed by atoms with Crippen molar-refractivity contribution in [2.24, 2.45) is 5.73 Å². The van der Waals surface area contributed by atoms with E-state index in [1.165, 1.54) is 11.3 Å². The number of primary amides is 1. The minimum Gasteiger partial charge on any atom is -0.369 e. The lowest BCUT2D eigenvalue weighted by Crippen LogP contribution is -2.38. The molecule has 0 spiro atoms. The Labute approximate surface area is 184 Å². The van der Waals surface area contributed by atoms with Crippen molar-refractivity contribution in [1.82, 2.24) is 14.9 Å². The highest BCUT2D eigenvalue weighted by Crippen LogP contribution is 2.28. The van der Waals surface area contributed by atoms with Gasteiger partial charge in [0.25, 0.3) is 11.5 Å². The van der Waals surface area contributed by atoms with Gasteiger partial charge in [0.05, 0.1) is 23.4 Å². The molecule has 0 unspecified atom stereocenters. The lowest BCUT2D eigenvalue weighted by atomic mass is 10.1. The number of carbonyl (C=O) groups is 2. The van der Waals surface area contributed by atoms with Crippen LogP contribution in [0.1, 0.15) is 46.0 Å². The molecule has 4 N–H and O–H groups in total. The molecule has 0 saturated heterocycles. The van der Waals surface area contributed by atoms with Crippen LogP contribution >= 0.6 is 11.3 Å². The first-order chi connectivity index (χ1) is 14.6. The molecule has 0 saturated carbocycles. The lowest BCUT2D eigenvalue weighted by Gasteiger charge is -2.24. The first-order valence-corrected chi connectivity index (χ1v) is 10.8. The van der Waals surface area contributed by atoms with Crippen LogP contribution in [0.2, 0.25) is 0 Å². The van der Waals surface area contributed by atoms with Gasteiger partial charge in [-0.1, -0.05) is 17.7 Å². The molecule has 2 aromatic heterocycles. The topological polar surface area (TPSA) is 121 Å². The SMILES string of the molecule is Cc1ccc(NC(=O)c2sc3nc(CN(CC(N)=O)C(C)C)[nH]c(=O)c3c2C)c(C)c1. The first kappa shape index (κ1) is 22.6. The fourth-order valence-corrected chi connectivity index (χ4v) is 4.52. The van der Waals surface area contributed by atoms with E-state index in [1.54, 1.807) is 6.92 Å². The molecule has 3 rings (SSSR count). The molecule has 0 aliphatic heterocycles. The van der Waals surface area contributed by atoms with Crippen LogP contribution in [0.3, 0.4) is 0 Å². The summed E-state index contributed by atoms with van der Waals surface area (Å²) < 4.78 is 0. The van der Waals surface area contributed by atoms with E-state index in [4.69, 9.17) is 5.73 Å². The van der Waals surface area contributed by atoms with E-state index in [0.29, 0.717) is 26.5 Å². The van der Waals surface area contributed by atoms with Crippen LogP contribution in [0.15, 0.2) is 23.0 Å². The molecule has 31 heavy (non-hydrogen) atoms. The summed E-state index contributed by atoms with van der Waals surface area (Å²) in [6.07, 6.45) is 0. The second kappa shape index (κ2) is 8.99. The van der Waals surface area contributed by atoms with Crippen molar-refractivity contribution in [2.45, 2.75) is 47.2 Å². The average molecular weight is 442 g/mol. The number of anilines is 1. The number of nitrogens with zero attached hydrogens (tertiary/aromatic N) is 2. The van der Waals surface area contributed by atoms with Gasteiger partial charge in [0.15, 0.2) is 0 Å². The summed E-state index contributed by atoms with van der Waals surface area (Å²) in [5, 5.41) is 3.34. The van der Waals surface area contributed by atoms with Crippen molar-refractivity contribution in [1.29, 1.82) is 0 Å². The third kappa shape index (κ3) is 5.00. The fourth-order valence-electron chi connectivity index (χ4n) is 3.43. The molecule has 0 aliphatic carbocycles. The van der Waals surface area contributed by atoms with Crippen LogP contribution in [0, 0.1) is 20.8 Å². The zero-order valence-corrected chi connectivity index (χ0v) is 19.1. The van der Waals surface area contributed by atoms with Gasteiger partial charge in [-0.3, -0.25) is 19.3 Å². The van der Waals surface area contributed by atoms with Crippen molar-refractivity contribution in [3.8, 4) is 0 Å². The maximum atomic E-state index is 12.9. The van der Waals surface area contributed by atoms with Crippen LogP contribution in [-0.4, -0.2) is 39.3 Å². The molecule has 0 fully saturated rings. The third-order valence-electron chi connectivity index (χ3n) is 5.13. The lowest BCUT2D eigenvalue weighted by molar-refractivity contribution is -0.119. The summed E-state index contributed by atoms with van der Waals surface area (Å²) in [6, 6.07) is 5.84. The van der Waals surface area contributed by atoms with E-state index < -0.39 is 5.91 Å². The number of aromatic nitrogens is 2. The Bertz CT molecular complexity index is 1210. The second-order valence-electron chi connectivity index (χ2n) is 7.99. The molecule has 9 heteroatoms. The standard InChI is InChI=1S/C22H27N5O3S/c1-11(2)27(9-16(23)28)10-17-25-20(29)18-14(5)19(31-22(18)26-17)21(30)24-15-7-6-12(3)8-13(15)4/h6-8,11H,9-10H2,1-5H3,(H2,23,28)(H,24,30)(H,25,26,29). The monoisotopic (exact) mass is 441 g/mol. The van der Waals surface area contributed by atoms with E-state index in [-0.39, 0.29) is 30.6 Å². The molecule has 0 aliphatic rings. The summed E-state index contributed by atoms with van der Waals surface area (Å²) in [6.45, 7) is 9.88. The van der Waals surface area contributed by atoms with Crippen molar-refractivity contribution < 1.29 is 9.59 Å². The van der Waals surface area contributed by atoms with E-state index in [1.807, 2.05) is 50.8 Å². The van der Waals surface area contributed by atoms with Gasteiger partial charge in [-0.2, -0.15) is 0 Å². The number of hydrogen-bond donors (Lipinski definition) is 3. The molecule has 0 atom stereocenters. The average Bonchev–Trinajstić information content (AvgIpc) is 3.00. The molecule has 0 bridgehead atoms. The summed E-state index contributed by atoms with van der Waals surface area (Å²) >= 11 is 1.18. The Morgan fingerprint density at radius 2 is 1.97 bits per heavy atom. The maximum Gasteiger partial charge on any atom is 0.266 e. The number of thiophene rings is 1. The van der Waals surface area contributed by atoms with Crippen molar-refractivity contribution >= 4 is 39.1 Å². The van der Waals surface area contributed by atoms with Crippen molar-refractivity contribution in [3.05, 3.63) is 55.9 Å². The number of fused-ring (bicyclic) bond motifs is 1. The third-order valence-corrected chi connectivity index (χ3v) is 6.31. The molecule has 8 nitrogen and oxygen atoms in total. The molecule has 3 aromatic rings. The van der Waals surface area contributed by atoms with Crippen LogP contribution in [0.25, 0.3) is 10.2 Å². The molecular formula is C22H27N5O3S. The Kier molecular flexibility index (Phi) is 6.56. The second-order valence-corrected chi connectivity index (χ2v) is 8.99. The van der Waals surface area contributed by atoms with Crippen LogP contribution < -0.4 is 16.6 Å². The predicted molar refractivity (Wildman–Crippen MR) is 124 cm³/mol. The Morgan fingerprint density at radius 1 is 1.26 bits per heavy atom. The van der Waals surface area contributed by atoms with Gasteiger partial charge in [-0.05, 0) is 51.8 Å². The molecule has 2 heterocycles. The zero-order chi connectivity index (χ0) is 22.9.